The second-order valence-corrected chi connectivity index (χ2v) is 4.12. The zero-order valence-corrected chi connectivity index (χ0v) is 9.16. The van der Waals surface area contributed by atoms with Crippen molar-refractivity contribution < 1.29 is 4.79 Å². The van der Waals surface area contributed by atoms with Gasteiger partial charge >= 0.3 is 6.03 Å². The quantitative estimate of drug-likeness (QED) is 0.746. The lowest BCUT2D eigenvalue weighted by Crippen LogP contribution is -2.41. The summed E-state index contributed by atoms with van der Waals surface area (Å²) in [7, 11) is 0. The van der Waals surface area contributed by atoms with Gasteiger partial charge in [-0.1, -0.05) is 29.8 Å². The number of carbonyl (C=O) groups excluding carboxylic acids is 1. The van der Waals surface area contributed by atoms with Crippen molar-refractivity contribution in [3.63, 3.8) is 0 Å². The fourth-order valence-electron chi connectivity index (χ4n) is 1.76. The monoisotopic (exact) mass is 202 g/mol. The molecule has 1 N–H and O–H groups in total. The first-order valence-electron chi connectivity index (χ1n) is 4.97. The lowest BCUT2D eigenvalue weighted by molar-refractivity contribution is 0.247. The minimum absolute atomic E-state index is 0.254. The molecule has 1 heterocycles. The maximum Gasteiger partial charge on any atom is 0.341 e. The Morgan fingerprint density at radius 2 is 1.80 bits per heavy atom. The van der Waals surface area contributed by atoms with Gasteiger partial charge in [-0.05, 0) is 26.3 Å². The summed E-state index contributed by atoms with van der Waals surface area (Å²) in [4.78, 5) is 15.1. The van der Waals surface area contributed by atoms with E-state index < -0.39 is 5.54 Å². The number of carbonyl (C=O) groups is 1. The average molecular weight is 202 g/mol. The first-order valence-corrected chi connectivity index (χ1v) is 4.97. The Kier molecular flexibility index (Phi) is 2.11. The molecule has 1 aromatic carbocycles. The Balaban J connectivity index is 2.43. The highest BCUT2D eigenvalue weighted by atomic mass is 16.2. The van der Waals surface area contributed by atoms with Crippen molar-refractivity contribution in [1.29, 1.82) is 0 Å². The van der Waals surface area contributed by atoms with Crippen molar-refractivity contribution in [1.82, 2.24) is 5.32 Å². The molecule has 1 atom stereocenters. The number of benzene rings is 1. The molecular formula is C12H14N2O. The number of rotatable bonds is 1. The molecule has 0 fully saturated rings. The van der Waals surface area contributed by atoms with Gasteiger partial charge in [0.1, 0.15) is 5.54 Å². The minimum atomic E-state index is -0.440. The second kappa shape index (κ2) is 3.19. The third kappa shape index (κ3) is 1.54. The molecule has 0 aliphatic carbocycles. The Labute approximate surface area is 89.2 Å². The standard InChI is InChI=1S/C12H14N2O/c1-8-4-6-10(7-5-8)12(3)9(2)13-11(15)14-12/h4-7H,1-3H3,(H,14,15). The predicted molar refractivity (Wildman–Crippen MR) is 60.2 cm³/mol. The summed E-state index contributed by atoms with van der Waals surface area (Å²) in [6.07, 6.45) is 0. The molecule has 0 aromatic heterocycles. The summed E-state index contributed by atoms with van der Waals surface area (Å²) in [5, 5.41) is 2.87. The fraction of sp³-hybridized carbons (Fsp3) is 0.333. The molecule has 3 heteroatoms. The zero-order chi connectivity index (χ0) is 11.1. The van der Waals surface area contributed by atoms with Gasteiger partial charge in [-0.3, -0.25) is 0 Å². The maximum atomic E-state index is 11.2. The average Bonchev–Trinajstić information content (AvgIpc) is 2.42. The van der Waals surface area contributed by atoms with E-state index in [1.165, 1.54) is 5.56 Å². The van der Waals surface area contributed by atoms with E-state index in [0.717, 1.165) is 11.3 Å². The molecule has 0 spiro atoms. The Morgan fingerprint density at radius 3 is 2.27 bits per heavy atom. The van der Waals surface area contributed by atoms with Crippen LogP contribution >= 0.6 is 0 Å². The number of aliphatic imine (C=N–C) groups is 1. The number of nitrogens with one attached hydrogen (secondary N) is 1. The van der Waals surface area contributed by atoms with Crippen molar-refractivity contribution in [2.45, 2.75) is 26.3 Å². The summed E-state index contributed by atoms with van der Waals surface area (Å²) in [6.45, 7) is 5.89. The van der Waals surface area contributed by atoms with Gasteiger partial charge in [0.2, 0.25) is 0 Å². The molecule has 0 bridgehead atoms. The molecule has 3 nitrogen and oxygen atoms in total. The Bertz CT molecular complexity index is 433. The van der Waals surface area contributed by atoms with Crippen LogP contribution in [0.5, 0.6) is 0 Å². The van der Waals surface area contributed by atoms with Crippen LogP contribution in [0, 0.1) is 6.92 Å². The SMILES string of the molecule is CC1=NC(=O)NC1(C)c1ccc(C)cc1. The number of hydrogen-bond acceptors (Lipinski definition) is 1. The normalized spacial score (nSPS) is 25.0. The molecule has 1 unspecified atom stereocenters. The first-order chi connectivity index (χ1) is 7.02. The highest BCUT2D eigenvalue weighted by Gasteiger charge is 2.36. The van der Waals surface area contributed by atoms with Crippen LogP contribution in [0.25, 0.3) is 0 Å². The second-order valence-electron chi connectivity index (χ2n) is 4.12. The lowest BCUT2D eigenvalue weighted by atomic mass is 9.88. The van der Waals surface area contributed by atoms with Crippen molar-refractivity contribution in [2.75, 3.05) is 0 Å². The molecule has 2 amide bonds. The molecule has 1 aromatic rings. The Morgan fingerprint density at radius 1 is 1.20 bits per heavy atom. The highest BCUT2D eigenvalue weighted by molar-refractivity contribution is 6.06. The largest absolute Gasteiger partial charge is 0.341 e. The topological polar surface area (TPSA) is 41.5 Å². The smallest absolute Gasteiger partial charge is 0.322 e. The molecule has 0 radical (unpaired) electrons. The van der Waals surface area contributed by atoms with Crippen LogP contribution in [-0.4, -0.2) is 11.7 Å². The van der Waals surface area contributed by atoms with Crippen LogP contribution < -0.4 is 5.32 Å². The van der Waals surface area contributed by atoms with Crippen molar-refractivity contribution in [3.05, 3.63) is 35.4 Å². The minimum Gasteiger partial charge on any atom is -0.322 e. The molecule has 15 heavy (non-hydrogen) atoms. The molecule has 78 valence electrons. The molecule has 2 rings (SSSR count). The fourth-order valence-corrected chi connectivity index (χ4v) is 1.76. The van der Waals surface area contributed by atoms with Gasteiger partial charge in [-0.25, -0.2) is 9.79 Å². The summed E-state index contributed by atoms with van der Waals surface area (Å²) < 4.78 is 0. The third-order valence-corrected chi connectivity index (χ3v) is 2.98. The first kappa shape index (κ1) is 9.90. The summed E-state index contributed by atoms with van der Waals surface area (Å²) >= 11 is 0. The van der Waals surface area contributed by atoms with E-state index in [2.05, 4.69) is 10.3 Å². The Hall–Kier alpha value is -1.64. The van der Waals surface area contributed by atoms with Gasteiger partial charge in [0.15, 0.2) is 0 Å². The van der Waals surface area contributed by atoms with Crippen LogP contribution in [-0.2, 0) is 5.54 Å². The number of amides is 2. The number of hydrogen-bond donors (Lipinski definition) is 1. The van der Waals surface area contributed by atoms with Crippen molar-refractivity contribution in [2.24, 2.45) is 4.99 Å². The predicted octanol–water partition coefficient (Wildman–Crippen LogP) is 2.39. The van der Waals surface area contributed by atoms with Gasteiger partial charge in [0, 0.05) is 0 Å². The van der Waals surface area contributed by atoms with Crippen LogP contribution in [0.4, 0.5) is 4.79 Å². The number of aryl methyl sites for hydroxylation is 1. The lowest BCUT2D eigenvalue weighted by Gasteiger charge is -2.25. The van der Waals surface area contributed by atoms with E-state index in [-0.39, 0.29) is 6.03 Å². The van der Waals surface area contributed by atoms with E-state index in [4.69, 9.17) is 0 Å². The number of urea groups is 1. The highest BCUT2D eigenvalue weighted by Crippen LogP contribution is 2.26. The van der Waals surface area contributed by atoms with E-state index in [1.807, 2.05) is 45.0 Å². The van der Waals surface area contributed by atoms with Gasteiger partial charge in [0.25, 0.3) is 0 Å². The van der Waals surface area contributed by atoms with Gasteiger partial charge in [-0.2, -0.15) is 0 Å². The van der Waals surface area contributed by atoms with Crippen LogP contribution in [0.3, 0.4) is 0 Å². The summed E-state index contributed by atoms with van der Waals surface area (Å²) in [6, 6.07) is 7.88. The van der Waals surface area contributed by atoms with Gasteiger partial charge in [0.05, 0.1) is 5.71 Å². The molecular weight excluding hydrogens is 188 g/mol. The van der Waals surface area contributed by atoms with Gasteiger partial charge < -0.3 is 5.32 Å². The summed E-state index contributed by atoms with van der Waals surface area (Å²) in [5.41, 5.74) is 2.66. The van der Waals surface area contributed by atoms with E-state index in [9.17, 15) is 4.79 Å². The van der Waals surface area contributed by atoms with Crippen molar-refractivity contribution >= 4 is 11.7 Å². The molecule has 1 aliphatic heterocycles. The van der Waals surface area contributed by atoms with Crippen molar-refractivity contribution in [3.8, 4) is 0 Å². The van der Waals surface area contributed by atoms with Crippen LogP contribution in [0.1, 0.15) is 25.0 Å². The van der Waals surface area contributed by atoms with E-state index >= 15 is 0 Å². The van der Waals surface area contributed by atoms with Crippen LogP contribution in [0.15, 0.2) is 29.3 Å². The van der Waals surface area contributed by atoms with Gasteiger partial charge in [-0.15, -0.1) is 0 Å². The molecule has 0 saturated carbocycles. The summed E-state index contributed by atoms with van der Waals surface area (Å²) in [5.74, 6) is 0. The number of nitrogens with zero attached hydrogens (tertiary/aromatic N) is 1. The maximum absolute atomic E-state index is 11.2. The zero-order valence-electron chi connectivity index (χ0n) is 9.16. The van der Waals surface area contributed by atoms with E-state index in [1.54, 1.807) is 0 Å². The van der Waals surface area contributed by atoms with E-state index in [0.29, 0.717) is 0 Å². The third-order valence-electron chi connectivity index (χ3n) is 2.98. The molecule has 1 aliphatic rings. The van der Waals surface area contributed by atoms with Crippen LogP contribution in [0.2, 0.25) is 0 Å². The molecule has 0 saturated heterocycles.